The van der Waals surface area contributed by atoms with Crippen LogP contribution in [0.25, 0.3) is 0 Å². The van der Waals surface area contributed by atoms with Crippen molar-refractivity contribution in [1.82, 2.24) is 10.2 Å². The molecule has 0 bridgehead atoms. The minimum absolute atomic E-state index is 1.14. The molecule has 78 valence electrons. The summed E-state index contributed by atoms with van der Waals surface area (Å²) in [5.74, 6) is 0. The molecule has 14 heavy (non-hydrogen) atoms. The number of piperazine rings is 1. The van der Waals surface area contributed by atoms with Crippen LogP contribution in [0.15, 0.2) is 22.9 Å². The molecule has 2 nitrogen and oxygen atoms in total. The monoisotopic (exact) mass is 192 g/mol. The highest BCUT2D eigenvalue weighted by molar-refractivity contribution is 5.30. The number of allylic oxidation sites excluding steroid dienone is 4. The van der Waals surface area contributed by atoms with E-state index >= 15 is 0 Å². The topological polar surface area (TPSA) is 15.3 Å². The fraction of sp³-hybridized carbons (Fsp3) is 0.667. The van der Waals surface area contributed by atoms with Crippen LogP contribution in [0.5, 0.6) is 0 Å². The van der Waals surface area contributed by atoms with Crippen LogP contribution in [0.2, 0.25) is 0 Å². The predicted molar refractivity (Wildman–Crippen MR) is 60.1 cm³/mol. The zero-order valence-electron chi connectivity index (χ0n) is 9.27. The summed E-state index contributed by atoms with van der Waals surface area (Å²) in [5.41, 5.74) is 4.59. The molecule has 2 heteroatoms. The second kappa shape index (κ2) is 4.18. The Morgan fingerprint density at radius 2 is 1.86 bits per heavy atom. The maximum absolute atomic E-state index is 3.39. The van der Waals surface area contributed by atoms with E-state index in [2.05, 4.69) is 30.1 Å². The van der Waals surface area contributed by atoms with E-state index in [-0.39, 0.29) is 0 Å². The zero-order chi connectivity index (χ0) is 9.97. The van der Waals surface area contributed by atoms with Gasteiger partial charge in [-0.05, 0) is 32.8 Å². The van der Waals surface area contributed by atoms with Gasteiger partial charge in [-0.3, -0.25) is 0 Å². The molecule has 0 aromatic heterocycles. The number of hydrogen-bond acceptors (Lipinski definition) is 2. The van der Waals surface area contributed by atoms with Gasteiger partial charge >= 0.3 is 0 Å². The van der Waals surface area contributed by atoms with Gasteiger partial charge in [0, 0.05) is 31.9 Å². The molecule has 0 radical (unpaired) electrons. The third-order valence-electron chi connectivity index (χ3n) is 3.34. The first kappa shape index (κ1) is 9.78. The van der Waals surface area contributed by atoms with Crippen LogP contribution < -0.4 is 5.32 Å². The quantitative estimate of drug-likeness (QED) is 0.682. The molecule has 1 saturated heterocycles. The van der Waals surface area contributed by atoms with E-state index in [1.165, 1.54) is 31.5 Å². The second-order valence-electron chi connectivity index (χ2n) is 4.34. The summed E-state index contributed by atoms with van der Waals surface area (Å²) in [6, 6.07) is 0. The molecule has 0 atom stereocenters. The van der Waals surface area contributed by atoms with Crippen LogP contribution in [0.3, 0.4) is 0 Å². The van der Waals surface area contributed by atoms with Crippen LogP contribution >= 0.6 is 0 Å². The van der Waals surface area contributed by atoms with Crippen molar-refractivity contribution in [3.63, 3.8) is 0 Å². The molecule has 0 aromatic rings. The first-order valence-electron chi connectivity index (χ1n) is 5.60. The predicted octanol–water partition coefficient (Wildman–Crippen LogP) is 1.91. The Hall–Kier alpha value is -0.760. The SMILES string of the molecule is CC1=C(C)CCC(N2CCNCC2)=C1. The zero-order valence-corrected chi connectivity index (χ0v) is 9.27. The minimum atomic E-state index is 1.14. The lowest BCUT2D eigenvalue weighted by molar-refractivity contribution is 0.289. The third-order valence-corrected chi connectivity index (χ3v) is 3.34. The Bertz CT molecular complexity index is 270. The molecule has 1 aliphatic carbocycles. The summed E-state index contributed by atoms with van der Waals surface area (Å²) in [6.07, 6.45) is 4.87. The molecule has 1 N–H and O–H groups in total. The lowest BCUT2D eigenvalue weighted by Crippen LogP contribution is -2.43. The van der Waals surface area contributed by atoms with Gasteiger partial charge in [-0.25, -0.2) is 0 Å². The van der Waals surface area contributed by atoms with Gasteiger partial charge < -0.3 is 10.2 Å². The van der Waals surface area contributed by atoms with Crippen molar-refractivity contribution in [3.8, 4) is 0 Å². The normalized spacial score (nSPS) is 23.9. The van der Waals surface area contributed by atoms with Crippen molar-refractivity contribution in [2.24, 2.45) is 0 Å². The first-order chi connectivity index (χ1) is 6.77. The highest BCUT2D eigenvalue weighted by Gasteiger charge is 2.15. The largest absolute Gasteiger partial charge is 0.372 e. The van der Waals surface area contributed by atoms with Crippen molar-refractivity contribution in [2.45, 2.75) is 26.7 Å². The molecule has 2 rings (SSSR count). The van der Waals surface area contributed by atoms with Crippen LogP contribution in [-0.4, -0.2) is 31.1 Å². The molecule has 0 amide bonds. The van der Waals surface area contributed by atoms with Gasteiger partial charge in [0.05, 0.1) is 0 Å². The highest BCUT2D eigenvalue weighted by Crippen LogP contribution is 2.25. The van der Waals surface area contributed by atoms with Gasteiger partial charge in [-0.15, -0.1) is 0 Å². The molecular formula is C12H20N2. The fourth-order valence-electron chi connectivity index (χ4n) is 2.16. The van der Waals surface area contributed by atoms with Crippen molar-refractivity contribution < 1.29 is 0 Å². The Morgan fingerprint density at radius 3 is 2.50 bits per heavy atom. The Balaban J connectivity index is 2.07. The van der Waals surface area contributed by atoms with Gasteiger partial charge in [0.15, 0.2) is 0 Å². The van der Waals surface area contributed by atoms with Crippen LogP contribution in [-0.2, 0) is 0 Å². The summed E-state index contributed by atoms with van der Waals surface area (Å²) >= 11 is 0. The molecular weight excluding hydrogens is 172 g/mol. The molecule has 0 aromatic carbocycles. The summed E-state index contributed by atoms with van der Waals surface area (Å²) in [5, 5.41) is 3.39. The second-order valence-corrected chi connectivity index (χ2v) is 4.34. The molecule has 2 aliphatic rings. The van der Waals surface area contributed by atoms with Crippen molar-refractivity contribution in [1.29, 1.82) is 0 Å². The molecule has 1 heterocycles. The standard InChI is InChI=1S/C12H20N2/c1-10-3-4-12(9-11(10)2)14-7-5-13-6-8-14/h9,13H,3-8H2,1-2H3. The smallest absolute Gasteiger partial charge is 0.0300 e. The summed E-state index contributed by atoms with van der Waals surface area (Å²) in [4.78, 5) is 2.53. The fourth-order valence-corrected chi connectivity index (χ4v) is 2.16. The Labute approximate surface area is 86.7 Å². The van der Waals surface area contributed by atoms with Crippen molar-refractivity contribution in [3.05, 3.63) is 22.9 Å². The van der Waals surface area contributed by atoms with Crippen molar-refractivity contribution in [2.75, 3.05) is 26.2 Å². The van der Waals surface area contributed by atoms with Gasteiger partial charge in [0.1, 0.15) is 0 Å². The van der Waals surface area contributed by atoms with E-state index in [1.54, 1.807) is 11.3 Å². The number of nitrogens with zero attached hydrogens (tertiary/aromatic N) is 1. The summed E-state index contributed by atoms with van der Waals surface area (Å²) in [6.45, 7) is 9.12. The van der Waals surface area contributed by atoms with Gasteiger partial charge in [-0.1, -0.05) is 11.1 Å². The molecule has 1 aliphatic heterocycles. The Kier molecular flexibility index (Phi) is 2.92. The molecule has 1 fully saturated rings. The van der Waals surface area contributed by atoms with Gasteiger partial charge in [-0.2, -0.15) is 0 Å². The van der Waals surface area contributed by atoms with Crippen LogP contribution in [0.4, 0.5) is 0 Å². The third kappa shape index (κ3) is 2.01. The Morgan fingerprint density at radius 1 is 1.14 bits per heavy atom. The van der Waals surface area contributed by atoms with Crippen LogP contribution in [0, 0.1) is 0 Å². The highest BCUT2D eigenvalue weighted by atomic mass is 15.2. The average Bonchev–Trinajstić information content (AvgIpc) is 2.23. The number of hydrogen-bond donors (Lipinski definition) is 1. The maximum atomic E-state index is 3.39. The molecule has 0 unspecified atom stereocenters. The first-order valence-corrected chi connectivity index (χ1v) is 5.60. The lowest BCUT2D eigenvalue weighted by atomic mass is 9.97. The molecule has 0 saturated carbocycles. The molecule has 0 spiro atoms. The number of nitrogens with one attached hydrogen (secondary N) is 1. The van der Waals surface area contributed by atoms with Crippen LogP contribution in [0.1, 0.15) is 26.7 Å². The lowest BCUT2D eigenvalue weighted by Gasteiger charge is -2.33. The summed E-state index contributed by atoms with van der Waals surface area (Å²) in [7, 11) is 0. The van der Waals surface area contributed by atoms with Gasteiger partial charge in [0.2, 0.25) is 0 Å². The van der Waals surface area contributed by atoms with E-state index in [0.29, 0.717) is 0 Å². The van der Waals surface area contributed by atoms with E-state index in [0.717, 1.165) is 13.1 Å². The van der Waals surface area contributed by atoms with Gasteiger partial charge in [0.25, 0.3) is 0 Å². The minimum Gasteiger partial charge on any atom is -0.372 e. The van der Waals surface area contributed by atoms with E-state index in [4.69, 9.17) is 0 Å². The van der Waals surface area contributed by atoms with E-state index in [1.807, 2.05) is 0 Å². The summed E-state index contributed by atoms with van der Waals surface area (Å²) < 4.78 is 0. The van der Waals surface area contributed by atoms with E-state index < -0.39 is 0 Å². The average molecular weight is 192 g/mol. The van der Waals surface area contributed by atoms with Crippen molar-refractivity contribution >= 4 is 0 Å². The maximum Gasteiger partial charge on any atom is 0.0300 e. The number of rotatable bonds is 1. The van der Waals surface area contributed by atoms with E-state index in [9.17, 15) is 0 Å².